The Morgan fingerprint density at radius 3 is 2.64 bits per heavy atom. The van der Waals surface area contributed by atoms with Crippen LogP contribution in [0, 0.1) is 0 Å². The van der Waals surface area contributed by atoms with Crippen molar-refractivity contribution in [2.45, 2.75) is 32.7 Å². The first-order chi connectivity index (χ1) is 12.2. The van der Waals surface area contributed by atoms with Gasteiger partial charge in [-0.25, -0.2) is 4.68 Å². The van der Waals surface area contributed by atoms with Crippen LogP contribution in [-0.4, -0.2) is 33.7 Å². The molecule has 5 heteroatoms. The lowest BCUT2D eigenvalue weighted by molar-refractivity contribution is 0.0764. The van der Waals surface area contributed by atoms with Gasteiger partial charge in [-0.3, -0.25) is 9.59 Å². The Kier molecular flexibility index (Phi) is 5.43. The van der Waals surface area contributed by atoms with Gasteiger partial charge in [0.2, 0.25) is 0 Å². The van der Waals surface area contributed by atoms with Crippen LogP contribution in [-0.2, 0) is 6.54 Å². The molecule has 0 N–H and O–H groups in total. The largest absolute Gasteiger partial charge is 0.333 e. The van der Waals surface area contributed by atoms with Crippen LogP contribution in [0.25, 0.3) is 5.57 Å². The number of unbranched alkanes of at least 4 members (excludes halogenated alkanes) is 1. The molecule has 2 heterocycles. The van der Waals surface area contributed by atoms with Crippen LogP contribution in [0.2, 0.25) is 0 Å². The molecule has 0 radical (unpaired) electrons. The Morgan fingerprint density at radius 2 is 1.96 bits per heavy atom. The highest BCUT2D eigenvalue weighted by Crippen LogP contribution is 2.22. The van der Waals surface area contributed by atoms with Gasteiger partial charge >= 0.3 is 0 Å². The summed E-state index contributed by atoms with van der Waals surface area (Å²) in [6, 6.07) is 13.2. The van der Waals surface area contributed by atoms with Crippen molar-refractivity contribution in [1.29, 1.82) is 0 Å². The SMILES string of the molecule is CCCCn1nc(C(=O)N2CC=C(c3ccccc3)CC2)ccc1=O. The molecule has 5 nitrogen and oxygen atoms in total. The fourth-order valence-electron chi connectivity index (χ4n) is 2.96. The first-order valence-electron chi connectivity index (χ1n) is 8.81. The zero-order valence-electron chi connectivity index (χ0n) is 14.5. The number of aromatic nitrogens is 2. The van der Waals surface area contributed by atoms with Gasteiger partial charge in [0, 0.05) is 25.7 Å². The average Bonchev–Trinajstić information content (AvgIpc) is 2.67. The van der Waals surface area contributed by atoms with Gasteiger partial charge in [0.25, 0.3) is 11.5 Å². The van der Waals surface area contributed by atoms with Crippen molar-refractivity contribution < 1.29 is 4.79 Å². The second-order valence-electron chi connectivity index (χ2n) is 6.23. The fourth-order valence-corrected chi connectivity index (χ4v) is 2.96. The van der Waals surface area contributed by atoms with Crippen molar-refractivity contribution in [2.75, 3.05) is 13.1 Å². The normalized spacial score (nSPS) is 14.3. The maximum atomic E-state index is 12.7. The molecule has 1 aliphatic rings. The van der Waals surface area contributed by atoms with Crippen molar-refractivity contribution in [3.8, 4) is 0 Å². The Hall–Kier alpha value is -2.69. The van der Waals surface area contributed by atoms with E-state index in [0.29, 0.717) is 25.3 Å². The number of hydrogen-bond donors (Lipinski definition) is 0. The van der Waals surface area contributed by atoms with Gasteiger partial charge in [-0.15, -0.1) is 0 Å². The van der Waals surface area contributed by atoms with Crippen molar-refractivity contribution in [3.05, 3.63) is 70.2 Å². The Labute approximate surface area is 147 Å². The molecule has 0 saturated heterocycles. The Morgan fingerprint density at radius 1 is 1.16 bits per heavy atom. The molecule has 25 heavy (non-hydrogen) atoms. The first-order valence-corrected chi connectivity index (χ1v) is 8.81. The topological polar surface area (TPSA) is 55.2 Å². The molecule has 0 fully saturated rings. The molecule has 1 aliphatic heterocycles. The lowest BCUT2D eigenvalue weighted by Crippen LogP contribution is -2.36. The van der Waals surface area contributed by atoms with E-state index >= 15 is 0 Å². The minimum Gasteiger partial charge on any atom is -0.333 e. The molecule has 1 aromatic heterocycles. The molecule has 0 saturated carbocycles. The first kappa shape index (κ1) is 17.1. The number of nitrogens with zero attached hydrogens (tertiary/aromatic N) is 3. The lowest BCUT2D eigenvalue weighted by atomic mass is 9.99. The number of hydrogen-bond acceptors (Lipinski definition) is 3. The van der Waals surface area contributed by atoms with E-state index in [1.54, 1.807) is 4.90 Å². The minimum atomic E-state index is -0.157. The number of aryl methyl sites for hydroxylation is 1. The summed E-state index contributed by atoms with van der Waals surface area (Å²) >= 11 is 0. The van der Waals surface area contributed by atoms with Crippen LogP contribution in [0.1, 0.15) is 42.2 Å². The van der Waals surface area contributed by atoms with E-state index in [0.717, 1.165) is 19.3 Å². The van der Waals surface area contributed by atoms with Gasteiger partial charge in [-0.05, 0) is 30.0 Å². The van der Waals surface area contributed by atoms with Gasteiger partial charge in [0.15, 0.2) is 0 Å². The summed E-state index contributed by atoms with van der Waals surface area (Å²) in [5, 5.41) is 4.25. The summed E-state index contributed by atoms with van der Waals surface area (Å²) in [5.74, 6) is -0.117. The molecule has 0 atom stereocenters. The maximum Gasteiger partial charge on any atom is 0.274 e. The molecule has 1 amide bonds. The van der Waals surface area contributed by atoms with E-state index < -0.39 is 0 Å². The Bertz CT molecular complexity index is 824. The van der Waals surface area contributed by atoms with Crippen LogP contribution >= 0.6 is 0 Å². The van der Waals surface area contributed by atoms with Gasteiger partial charge in [-0.1, -0.05) is 49.8 Å². The van der Waals surface area contributed by atoms with Gasteiger partial charge < -0.3 is 4.90 Å². The summed E-state index contributed by atoms with van der Waals surface area (Å²) in [6.07, 6.45) is 4.78. The monoisotopic (exact) mass is 337 g/mol. The molecular formula is C20H23N3O2. The third kappa shape index (κ3) is 4.05. The van der Waals surface area contributed by atoms with Crippen LogP contribution in [0.15, 0.2) is 53.3 Å². The molecule has 130 valence electrons. The van der Waals surface area contributed by atoms with E-state index in [9.17, 15) is 9.59 Å². The highest BCUT2D eigenvalue weighted by Gasteiger charge is 2.21. The molecule has 0 unspecified atom stereocenters. The fraction of sp³-hybridized carbons (Fsp3) is 0.350. The number of benzene rings is 1. The maximum absolute atomic E-state index is 12.7. The molecule has 0 aliphatic carbocycles. The van der Waals surface area contributed by atoms with Crippen molar-refractivity contribution in [1.82, 2.24) is 14.7 Å². The summed E-state index contributed by atoms with van der Waals surface area (Å²) in [4.78, 5) is 26.3. The number of amides is 1. The van der Waals surface area contributed by atoms with Crippen LogP contribution < -0.4 is 5.56 Å². The standard InChI is InChI=1S/C20H23N3O2/c1-2-3-13-23-19(24)10-9-18(21-23)20(25)22-14-11-17(12-15-22)16-7-5-4-6-8-16/h4-11H,2-3,12-15H2,1H3. The average molecular weight is 337 g/mol. The zero-order valence-corrected chi connectivity index (χ0v) is 14.5. The number of carbonyl (C=O) groups is 1. The zero-order chi connectivity index (χ0) is 17.6. The summed E-state index contributed by atoms with van der Waals surface area (Å²) in [5.41, 5.74) is 2.66. The van der Waals surface area contributed by atoms with E-state index in [-0.39, 0.29) is 11.5 Å². The smallest absolute Gasteiger partial charge is 0.274 e. The van der Waals surface area contributed by atoms with E-state index in [2.05, 4.69) is 30.2 Å². The van der Waals surface area contributed by atoms with Crippen molar-refractivity contribution in [2.24, 2.45) is 0 Å². The number of rotatable bonds is 5. The second kappa shape index (κ2) is 7.92. The van der Waals surface area contributed by atoms with Crippen molar-refractivity contribution >= 4 is 11.5 Å². The molecule has 3 rings (SSSR count). The Balaban J connectivity index is 1.72. The predicted molar refractivity (Wildman–Crippen MR) is 98.3 cm³/mol. The van der Waals surface area contributed by atoms with Crippen LogP contribution in [0.4, 0.5) is 0 Å². The molecule has 0 bridgehead atoms. The third-order valence-electron chi connectivity index (χ3n) is 4.45. The highest BCUT2D eigenvalue weighted by molar-refractivity contribution is 5.92. The summed E-state index contributed by atoms with van der Waals surface area (Å²) in [6.45, 7) is 3.84. The number of carbonyl (C=O) groups excluding carboxylic acids is 1. The lowest BCUT2D eigenvalue weighted by Gasteiger charge is -2.26. The van der Waals surface area contributed by atoms with Crippen molar-refractivity contribution in [3.63, 3.8) is 0 Å². The summed E-state index contributed by atoms with van der Waals surface area (Å²) in [7, 11) is 0. The minimum absolute atomic E-state index is 0.117. The molecule has 0 spiro atoms. The van der Waals surface area contributed by atoms with Gasteiger partial charge in [0.1, 0.15) is 5.69 Å². The summed E-state index contributed by atoms with van der Waals surface area (Å²) < 4.78 is 1.39. The quantitative estimate of drug-likeness (QED) is 0.843. The molecular weight excluding hydrogens is 314 g/mol. The van der Waals surface area contributed by atoms with Crippen LogP contribution in [0.3, 0.4) is 0 Å². The second-order valence-corrected chi connectivity index (χ2v) is 6.23. The van der Waals surface area contributed by atoms with Gasteiger partial charge in [-0.2, -0.15) is 5.10 Å². The van der Waals surface area contributed by atoms with E-state index in [4.69, 9.17) is 0 Å². The van der Waals surface area contributed by atoms with Gasteiger partial charge in [0.05, 0.1) is 0 Å². The van der Waals surface area contributed by atoms with E-state index in [1.165, 1.54) is 28.0 Å². The van der Waals surface area contributed by atoms with E-state index in [1.807, 2.05) is 18.2 Å². The van der Waals surface area contributed by atoms with Crippen LogP contribution in [0.5, 0.6) is 0 Å². The third-order valence-corrected chi connectivity index (χ3v) is 4.45. The highest BCUT2D eigenvalue weighted by atomic mass is 16.2. The predicted octanol–water partition coefficient (Wildman–Crippen LogP) is 2.97. The molecule has 2 aromatic rings. The molecule has 1 aromatic carbocycles.